The number of fused-ring (bicyclic) bond motifs is 1. The number of benzene rings is 2. The van der Waals surface area contributed by atoms with Crippen molar-refractivity contribution in [2.45, 2.75) is 27.2 Å². The van der Waals surface area contributed by atoms with E-state index < -0.39 is 16.2 Å². The van der Waals surface area contributed by atoms with Gasteiger partial charge in [-0.25, -0.2) is 0 Å². The molecule has 1 N–H and O–H groups in total. The summed E-state index contributed by atoms with van der Waals surface area (Å²) in [5.74, 6) is 0.0582. The van der Waals surface area contributed by atoms with E-state index in [1.807, 2.05) is 20.8 Å². The quantitative estimate of drug-likeness (QED) is 0.607. The summed E-state index contributed by atoms with van der Waals surface area (Å²) < 4.78 is 5.85. The molecule has 0 aromatic heterocycles. The molecular weight excluding hydrogens is 374 g/mol. The molecule has 2 aromatic carbocycles. The van der Waals surface area contributed by atoms with Crippen LogP contribution in [0.5, 0.6) is 5.75 Å². The van der Waals surface area contributed by atoms with Crippen LogP contribution >= 0.6 is 0 Å². The largest absolute Gasteiger partial charge is 0.490 e. The van der Waals surface area contributed by atoms with E-state index in [4.69, 9.17) is 4.74 Å². The molecule has 3 rings (SSSR count). The third-order valence-corrected chi connectivity index (χ3v) is 4.69. The van der Waals surface area contributed by atoms with Gasteiger partial charge in [0.1, 0.15) is 12.4 Å². The fourth-order valence-corrected chi connectivity index (χ4v) is 3.13. The van der Waals surface area contributed by atoms with Crippen molar-refractivity contribution in [3.63, 3.8) is 0 Å². The summed E-state index contributed by atoms with van der Waals surface area (Å²) in [4.78, 5) is 37.6. The lowest BCUT2D eigenvalue weighted by atomic mass is 9.93. The predicted octanol–water partition coefficient (Wildman–Crippen LogP) is 4.01. The van der Waals surface area contributed by atoms with Crippen LogP contribution < -0.4 is 15.0 Å². The molecule has 0 bridgehead atoms. The van der Waals surface area contributed by atoms with Crippen molar-refractivity contribution < 1.29 is 19.2 Å². The van der Waals surface area contributed by atoms with E-state index in [0.717, 1.165) is 6.42 Å². The van der Waals surface area contributed by atoms with Crippen LogP contribution in [-0.2, 0) is 4.79 Å². The van der Waals surface area contributed by atoms with Gasteiger partial charge in [-0.3, -0.25) is 19.7 Å². The van der Waals surface area contributed by atoms with Gasteiger partial charge in [0, 0.05) is 29.9 Å². The van der Waals surface area contributed by atoms with Gasteiger partial charge in [0.05, 0.1) is 16.0 Å². The Bertz CT molecular complexity index is 971. The Labute approximate surface area is 168 Å². The highest BCUT2D eigenvalue weighted by molar-refractivity contribution is 6.05. The van der Waals surface area contributed by atoms with E-state index in [-0.39, 0.29) is 23.8 Å². The van der Waals surface area contributed by atoms with Gasteiger partial charge in [-0.1, -0.05) is 13.0 Å². The Kier molecular flexibility index (Phi) is 5.54. The van der Waals surface area contributed by atoms with Crippen LogP contribution in [0, 0.1) is 15.5 Å². The first kappa shape index (κ1) is 20.3. The monoisotopic (exact) mass is 397 g/mol. The third kappa shape index (κ3) is 4.21. The number of nitrogens with one attached hydrogen (secondary N) is 1. The zero-order valence-corrected chi connectivity index (χ0v) is 16.6. The maximum Gasteiger partial charge on any atom is 0.270 e. The smallest absolute Gasteiger partial charge is 0.270 e. The number of anilines is 2. The summed E-state index contributed by atoms with van der Waals surface area (Å²) >= 11 is 0. The van der Waals surface area contributed by atoms with E-state index in [0.29, 0.717) is 23.7 Å². The Morgan fingerprint density at radius 2 is 2.03 bits per heavy atom. The summed E-state index contributed by atoms with van der Waals surface area (Å²) in [6.45, 7) is 6.46. The van der Waals surface area contributed by atoms with Crippen molar-refractivity contribution in [2.75, 3.05) is 23.4 Å². The van der Waals surface area contributed by atoms with Crippen LogP contribution in [-0.4, -0.2) is 29.9 Å². The van der Waals surface area contributed by atoms with E-state index in [2.05, 4.69) is 5.32 Å². The van der Waals surface area contributed by atoms with E-state index in [1.165, 1.54) is 24.3 Å². The lowest BCUT2D eigenvalue weighted by molar-refractivity contribution is -0.384. The van der Waals surface area contributed by atoms with Crippen molar-refractivity contribution in [3.05, 3.63) is 58.1 Å². The second-order valence-corrected chi connectivity index (χ2v) is 7.57. The molecule has 0 saturated carbocycles. The molecule has 2 aromatic rings. The molecule has 1 heterocycles. The minimum Gasteiger partial charge on any atom is -0.490 e. The first-order valence-corrected chi connectivity index (χ1v) is 9.37. The summed E-state index contributed by atoms with van der Waals surface area (Å²) in [7, 11) is 0. The number of hydrogen-bond acceptors (Lipinski definition) is 5. The van der Waals surface area contributed by atoms with Gasteiger partial charge in [0.2, 0.25) is 5.91 Å². The highest BCUT2D eigenvalue weighted by atomic mass is 16.6. The Balaban J connectivity index is 1.91. The van der Waals surface area contributed by atoms with Crippen molar-refractivity contribution in [2.24, 2.45) is 5.41 Å². The first-order chi connectivity index (χ1) is 13.7. The fraction of sp³-hybridized carbons (Fsp3) is 0.333. The number of rotatable bonds is 5. The van der Waals surface area contributed by atoms with Gasteiger partial charge in [-0.2, -0.15) is 0 Å². The number of amides is 2. The summed E-state index contributed by atoms with van der Waals surface area (Å²) in [6, 6.07) is 10.6. The molecule has 0 aliphatic carbocycles. The highest BCUT2D eigenvalue weighted by Gasteiger charge is 2.37. The van der Waals surface area contributed by atoms with Gasteiger partial charge < -0.3 is 15.0 Å². The molecule has 8 heteroatoms. The van der Waals surface area contributed by atoms with Crippen LogP contribution in [0.25, 0.3) is 0 Å². The molecule has 1 aliphatic rings. The predicted molar refractivity (Wildman–Crippen MR) is 109 cm³/mol. The highest BCUT2D eigenvalue weighted by Crippen LogP contribution is 2.38. The average molecular weight is 397 g/mol. The number of carbonyl (C=O) groups is 2. The van der Waals surface area contributed by atoms with Gasteiger partial charge in [0.15, 0.2) is 0 Å². The van der Waals surface area contributed by atoms with E-state index >= 15 is 0 Å². The molecule has 1 aliphatic heterocycles. The number of non-ortho nitro benzene ring substituents is 1. The lowest BCUT2D eigenvalue weighted by Crippen LogP contribution is -2.42. The number of carbonyl (C=O) groups excluding carboxylic acids is 2. The van der Waals surface area contributed by atoms with E-state index in [9.17, 15) is 19.7 Å². The van der Waals surface area contributed by atoms with Crippen LogP contribution in [0.4, 0.5) is 17.1 Å². The normalized spacial score (nSPS) is 15.1. The Hall–Kier alpha value is -3.42. The second-order valence-electron chi connectivity index (χ2n) is 7.57. The summed E-state index contributed by atoms with van der Waals surface area (Å²) in [5, 5.41) is 13.7. The number of nitrogens with zero attached hydrogens (tertiary/aromatic N) is 2. The van der Waals surface area contributed by atoms with E-state index in [1.54, 1.807) is 23.1 Å². The van der Waals surface area contributed by atoms with Crippen LogP contribution in [0.2, 0.25) is 0 Å². The number of nitro benzene ring substituents is 1. The van der Waals surface area contributed by atoms with Crippen molar-refractivity contribution in [1.29, 1.82) is 0 Å². The molecule has 0 unspecified atom stereocenters. The Morgan fingerprint density at radius 3 is 2.72 bits per heavy atom. The zero-order valence-electron chi connectivity index (χ0n) is 16.6. The minimum atomic E-state index is -0.666. The van der Waals surface area contributed by atoms with Gasteiger partial charge >= 0.3 is 0 Å². The molecule has 0 spiro atoms. The number of hydrogen-bond donors (Lipinski definition) is 1. The van der Waals surface area contributed by atoms with Crippen LogP contribution in [0.3, 0.4) is 0 Å². The molecular formula is C21H23N3O5. The van der Waals surface area contributed by atoms with Gasteiger partial charge in [-0.05, 0) is 44.5 Å². The fourth-order valence-electron chi connectivity index (χ4n) is 3.13. The molecule has 0 radical (unpaired) electrons. The number of ether oxygens (including phenoxy) is 1. The van der Waals surface area contributed by atoms with Gasteiger partial charge in [0.25, 0.3) is 11.6 Å². The average Bonchev–Trinajstić information content (AvgIpc) is 2.78. The maximum atomic E-state index is 13.0. The molecule has 8 nitrogen and oxygen atoms in total. The summed E-state index contributed by atoms with van der Waals surface area (Å²) in [5.41, 5.74) is 0.417. The van der Waals surface area contributed by atoms with Crippen molar-refractivity contribution in [3.8, 4) is 5.75 Å². The lowest BCUT2D eigenvalue weighted by Gasteiger charge is -2.27. The maximum absolute atomic E-state index is 13.0. The van der Waals surface area contributed by atoms with Gasteiger partial charge in [-0.15, -0.1) is 0 Å². The SMILES string of the molecule is CCCN1C(=O)C(C)(C)COc2ccc(NC(=O)c3cccc([N+](=O)[O-])c3)cc21. The second kappa shape index (κ2) is 7.90. The molecule has 29 heavy (non-hydrogen) atoms. The zero-order chi connectivity index (χ0) is 21.2. The van der Waals surface area contributed by atoms with Crippen LogP contribution in [0.15, 0.2) is 42.5 Å². The first-order valence-electron chi connectivity index (χ1n) is 9.37. The standard InChI is InChI=1S/C21H23N3O5/c1-4-10-23-17-12-15(8-9-18(17)29-13-21(2,3)20(23)26)22-19(25)14-6-5-7-16(11-14)24(27)28/h5-9,11-12H,4,10,13H2,1-3H3,(H,22,25). The molecule has 0 saturated heterocycles. The molecule has 152 valence electrons. The minimum absolute atomic E-state index is 0.0414. The summed E-state index contributed by atoms with van der Waals surface area (Å²) in [6.07, 6.45) is 0.769. The topological polar surface area (TPSA) is 102 Å². The van der Waals surface area contributed by atoms with Crippen LogP contribution in [0.1, 0.15) is 37.6 Å². The number of nitro groups is 1. The Morgan fingerprint density at radius 1 is 1.28 bits per heavy atom. The van der Waals surface area contributed by atoms with Crippen molar-refractivity contribution in [1.82, 2.24) is 0 Å². The van der Waals surface area contributed by atoms with Crippen molar-refractivity contribution >= 4 is 28.9 Å². The molecule has 2 amide bonds. The molecule has 0 atom stereocenters. The third-order valence-electron chi connectivity index (χ3n) is 4.69. The molecule has 0 fully saturated rings.